The number of aryl methyl sites for hydroxylation is 1. The predicted octanol–water partition coefficient (Wildman–Crippen LogP) is 5.79. The summed E-state index contributed by atoms with van der Waals surface area (Å²) in [4.78, 5) is 27.4. The summed E-state index contributed by atoms with van der Waals surface area (Å²) in [6.45, 7) is 8.33. The molecular formula is C25H32Cl2N2O3. The first-order valence-corrected chi connectivity index (χ1v) is 11.7. The van der Waals surface area contributed by atoms with E-state index < -0.39 is 6.04 Å². The van der Waals surface area contributed by atoms with Crippen LogP contribution >= 0.6 is 23.2 Å². The fraction of sp³-hybridized carbons (Fsp3) is 0.440. The van der Waals surface area contributed by atoms with Crippen molar-refractivity contribution in [1.82, 2.24) is 10.2 Å². The molecule has 0 unspecified atom stereocenters. The lowest BCUT2D eigenvalue weighted by atomic mass is 10.1. The smallest absolute Gasteiger partial charge is 0.242 e. The molecule has 0 aliphatic heterocycles. The van der Waals surface area contributed by atoms with E-state index in [1.54, 1.807) is 30.0 Å². The monoisotopic (exact) mass is 478 g/mol. The minimum Gasteiger partial charge on any atom is -0.494 e. The van der Waals surface area contributed by atoms with E-state index in [2.05, 4.69) is 5.32 Å². The van der Waals surface area contributed by atoms with Gasteiger partial charge in [-0.2, -0.15) is 0 Å². The van der Waals surface area contributed by atoms with Crippen LogP contribution in [0.15, 0.2) is 42.5 Å². The van der Waals surface area contributed by atoms with E-state index in [4.69, 9.17) is 27.9 Å². The Bertz CT molecular complexity index is 903. The third-order valence-electron chi connectivity index (χ3n) is 5.35. The van der Waals surface area contributed by atoms with Gasteiger partial charge >= 0.3 is 0 Å². The van der Waals surface area contributed by atoms with Gasteiger partial charge in [-0.25, -0.2) is 0 Å². The number of carbonyl (C=O) groups excluding carboxylic acids is 2. The molecular weight excluding hydrogens is 447 g/mol. The van der Waals surface area contributed by atoms with Crippen molar-refractivity contribution in [2.24, 2.45) is 0 Å². The quantitative estimate of drug-likeness (QED) is 0.415. The van der Waals surface area contributed by atoms with Crippen LogP contribution in [0, 0.1) is 6.92 Å². The summed E-state index contributed by atoms with van der Waals surface area (Å²) in [5.74, 6) is 0.457. The molecule has 0 radical (unpaired) electrons. The van der Waals surface area contributed by atoms with Crippen molar-refractivity contribution in [3.8, 4) is 5.75 Å². The number of rotatable bonds is 11. The molecule has 0 aliphatic carbocycles. The van der Waals surface area contributed by atoms with E-state index in [1.807, 2.05) is 45.0 Å². The highest BCUT2D eigenvalue weighted by atomic mass is 35.5. The molecule has 0 saturated carbocycles. The molecule has 2 aromatic carbocycles. The molecule has 2 atom stereocenters. The number of hydrogen-bond donors (Lipinski definition) is 1. The Hall–Kier alpha value is -2.24. The topological polar surface area (TPSA) is 58.6 Å². The van der Waals surface area contributed by atoms with Crippen LogP contribution in [0.1, 0.15) is 51.2 Å². The molecule has 0 heterocycles. The van der Waals surface area contributed by atoms with Crippen molar-refractivity contribution in [2.45, 2.75) is 65.6 Å². The van der Waals surface area contributed by atoms with Crippen molar-refractivity contribution in [1.29, 1.82) is 0 Å². The van der Waals surface area contributed by atoms with Crippen LogP contribution in [0.2, 0.25) is 10.0 Å². The van der Waals surface area contributed by atoms with E-state index in [0.717, 1.165) is 23.3 Å². The predicted molar refractivity (Wildman–Crippen MR) is 130 cm³/mol. The molecule has 2 amide bonds. The Balaban J connectivity index is 2.05. The van der Waals surface area contributed by atoms with Crippen molar-refractivity contribution in [3.63, 3.8) is 0 Å². The third kappa shape index (κ3) is 8.03. The van der Waals surface area contributed by atoms with Gasteiger partial charge in [0.25, 0.3) is 0 Å². The Labute approximate surface area is 201 Å². The van der Waals surface area contributed by atoms with Gasteiger partial charge in [0, 0.05) is 29.1 Å². The lowest BCUT2D eigenvalue weighted by Gasteiger charge is -2.30. The molecule has 0 bridgehead atoms. The maximum Gasteiger partial charge on any atom is 0.242 e. The highest BCUT2D eigenvalue weighted by Crippen LogP contribution is 2.23. The molecule has 0 saturated heterocycles. The summed E-state index contributed by atoms with van der Waals surface area (Å²) in [5.41, 5.74) is 1.90. The number of ether oxygens (including phenoxy) is 1. The molecule has 5 nitrogen and oxygen atoms in total. The van der Waals surface area contributed by atoms with Crippen LogP contribution in [0.3, 0.4) is 0 Å². The number of nitrogens with one attached hydrogen (secondary N) is 1. The largest absolute Gasteiger partial charge is 0.494 e. The average Bonchev–Trinajstić information content (AvgIpc) is 2.76. The number of nitrogens with zero attached hydrogens (tertiary/aromatic N) is 1. The van der Waals surface area contributed by atoms with Crippen molar-refractivity contribution in [3.05, 3.63) is 63.6 Å². The number of amides is 2. The first kappa shape index (κ1) is 26.0. The number of halogens is 2. The van der Waals surface area contributed by atoms with Gasteiger partial charge in [0.2, 0.25) is 11.8 Å². The maximum atomic E-state index is 13.1. The van der Waals surface area contributed by atoms with Gasteiger partial charge in [-0.05, 0) is 63.4 Å². The number of benzene rings is 2. The van der Waals surface area contributed by atoms with Crippen molar-refractivity contribution >= 4 is 35.0 Å². The third-order valence-corrected chi connectivity index (χ3v) is 5.94. The van der Waals surface area contributed by atoms with Crippen LogP contribution in [-0.2, 0) is 16.1 Å². The lowest BCUT2D eigenvalue weighted by Crippen LogP contribution is -2.49. The lowest BCUT2D eigenvalue weighted by molar-refractivity contribution is -0.141. The second-order valence-electron chi connectivity index (χ2n) is 8.02. The molecule has 0 spiro atoms. The summed E-state index contributed by atoms with van der Waals surface area (Å²) in [6, 6.07) is 12.3. The standard InChI is InChI=1S/C25H32Cl2N2O3/c1-5-18(3)28-25(31)19(4)29(16-20-10-11-21(26)15-23(20)27)24(30)7-6-14-32-22-12-8-17(2)9-13-22/h8-13,15,18-19H,5-7,14,16H2,1-4H3,(H,28,31)/t18-,19+/m0/s1. The Kier molecular flexibility index (Phi) is 10.3. The number of hydrogen-bond acceptors (Lipinski definition) is 3. The van der Waals surface area contributed by atoms with Gasteiger partial charge in [-0.1, -0.05) is 53.9 Å². The second kappa shape index (κ2) is 12.7. The summed E-state index contributed by atoms with van der Waals surface area (Å²) in [5, 5.41) is 3.94. The molecule has 32 heavy (non-hydrogen) atoms. The summed E-state index contributed by atoms with van der Waals surface area (Å²) >= 11 is 12.3. The minimum atomic E-state index is -0.638. The molecule has 0 fully saturated rings. The average molecular weight is 479 g/mol. The van der Waals surface area contributed by atoms with Crippen LogP contribution in [0.5, 0.6) is 5.75 Å². The molecule has 1 N–H and O–H groups in total. The van der Waals surface area contributed by atoms with Gasteiger partial charge in [0.1, 0.15) is 11.8 Å². The zero-order valence-corrected chi connectivity index (χ0v) is 20.7. The van der Waals surface area contributed by atoms with Crippen LogP contribution in [0.4, 0.5) is 0 Å². The van der Waals surface area contributed by atoms with E-state index in [0.29, 0.717) is 23.1 Å². The van der Waals surface area contributed by atoms with Gasteiger partial charge in [0.05, 0.1) is 6.61 Å². The molecule has 2 rings (SSSR count). The molecule has 0 aliphatic rings. The Morgan fingerprint density at radius 1 is 1.09 bits per heavy atom. The van der Waals surface area contributed by atoms with E-state index in [1.165, 1.54) is 0 Å². The zero-order chi connectivity index (χ0) is 23.7. The molecule has 0 aromatic heterocycles. The van der Waals surface area contributed by atoms with Crippen molar-refractivity contribution in [2.75, 3.05) is 6.61 Å². The normalized spacial score (nSPS) is 12.7. The van der Waals surface area contributed by atoms with E-state index >= 15 is 0 Å². The summed E-state index contributed by atoms with van der Waals surface area (Å²) in [7, 11) is 0. The summed E-state index contributed by atoms with van der Waals surface area (Å²) in [6.07, 6.45) is 1.61. The van der Waals surface area contributed by atoms with Gasteiger partial charge in [-0.3, -0.25) is 9.59 Å². The number of carbonyl (C=O) groups is 2. The summed E-state index contributed by atoms with van der Waals surface area (Å²) < 4.78 is 5.73. The minimum absolute atomic E-state index is 0.0314. The highest BCUT2D eigenvalue weighted by molar-refractivity contribution is 6.35. The van der Waals surface area contributed by atoms with Gasteiger partial charge in [0.15, 0.2) is 0 Å². The Morgan fingerprint density at radius 3 is 2.41 bits per heavy atom. The van der Waals surface area contributed by atoms with Crippen molar-refractivity contribution < 1.29 is 14.3 Å². The van der Waals surface area contributed by atoms with E-state index in [9.17, 15) is 9.59 Å². The fourth-order valence-electron chi connectivity index (χ4n) is 3.07. The van der Waals surface area contributed by atoms with Gasteiger partial charge in [-0.15, -0.1) is 0 Å². The van der Waals surface area contributed by atoms with Gasteiger partial charge < -0.3 is 15.0 Å². The molecule has 7 heteroatoms. The fourth-order valence-corrected chi connectivity index (χ4v) is 3.54. The second-order valence-corrected chi connectivity index (χ2v) is 8.86. The van der Waals surface area contributed by atoms with E-state index in [-0.39, 0.29) is 30.8 Å². The zero-order valence-electron chi connectivity index (χ0n) is 19.2. The molecule has 174 valence electrons. The highest BCUT2D eigenvalue weighted by Gasteiger charge is 2.27. The first-order chi connectivity index (χ1) is 15.2. The molecule has 2 aromatic rings. The Morgan fingerprint density at radius 2 is 1.78 bits per heavy atom. The SMILES string of the molecule is CC[C@H](C)NC(=O)[C@@H](C)N(Cc1ccc(Cl)cc1Cl)C(=O)CCCOc1ccc(C)cc1. The van der Waals surface area contributed by atoms with Crippen LogP contribution in [-0.4, -0.2) is 35.4 Å². The van der Waals surface area contributed by atoms with Crippen LogP contribution in [0.25, 0.3) is 0 Å². The maximum absolute atomic E-state index is 13.1. The van der Waals surface area contributed by atoms with Crippen LogP contribution < -0.4 is 10.1 Å². The first-order valence-electron chi connectivity index (χ1n) is 10.9.